The highest BCUT2D eigenvalue weighted by Crippen LogP contribution is 2.36. The molecule has 0 bridgehead atoms. The van der Waals surface area contributed by atoms with Crippen molar-refractivity contribution >= 4 is 9.84 Å². The molecule has 1 aromatic rings. The maximum absolute atomic E-state index is 12.0. The molecular weight excluding hydrogens is 314 g/mol. The summed E-state index contributed by atoms with van der Waals surface area (Å²) < 4.78 is 29.4. The van der Waals surface area contributed by atoms with E-state index in [2.05, 4.69) is 15.0 Å². The number of hydrogen-bond donors (Lipinski definition) is 0. The molecule has 4 rings (SSSR count). The Balaban J connectivity index is 1.31. The van der Waals surface area contributed by atoms with E-state index in [1.807, 2.05) is 0 Å². The zero-order valence-electron chi connectivity index (χ0n) is 13.5. The summed E-state index contributed by atoms with van der Waals surface area (Å²) in [7, 11) is -2.84. The second-order valence-electron chi connectivity index (χ2n) is 7.32. The summed E-state index contributed by atoms with van der Waals surface area (Å²) in [6, 6.07) is 0. The molecule has 0 amide bonds. The summed E-state index contributed by atoms with van der Waals surface area (Å²) in [6.45, 7) is 2.56. The third-order valence-electron chi connectivity index (χ3n) is 5.79. The Morgan fingerprint density at radius 3 is 2.43 bits per heavy atom. The Hall–Kier alpha value is -0.950. The number of hydrogen-bond acceptors (Lipinski definition) is 6. The number of piperidine rings is 1. The van der Waals surface area contributed by atoms with Crippen molar-refractivity contribution in [2.24, 2.45) is 0 Å². The molecule has 3 fully saturated rings. The van der Waals surface area contributed by atoms with Crippen LogP contribution in [0.1, 0.15) is 68.5 Å². The van der Waals surface area contributed by atoms with Gasteiger partial charge >= 0.3 is 0 Å². The monoisotopic (exact) mass is 339 g/mol. The summed E-state index contributed by atoms with van der Waals surface area (Å²) in [5, 5.41) is 4.01. The Labute approximate surface area is 137 Å². The van der Waals surface area contributed by atoms with Crippen molar-refractivity contribution in [1.29, 1.82) is 0 Å². The standard InChI is InChI=1S/C16H25N3O3S/c20-23(21)10-2-5-14(23)11-19-8-6-13(7-9-19)16-17-15(18-22-16)12-3-1-4-12/h12-14H,1-11H2. The third-order valence-corrected chi connectivity index (χ3v) is 8.05. The van der Waals surface area contributed by atoms with Gasteiger partial charge < -0.3 is 9.42 Å². The molecule has 3 aliphatic rings. The highest BCUT2D eigenvalue weighted by molar-refractivity contribution is 7.92. The minimum Gasteiger partial charge on any atom is -0.339 e. The predicted octanol–water partition coefficient (Wildman–Crippen LogP) is 2.09. The van der Waals surface area contributed by atoms with Crippen LogP contribution in [0.4, 0.5) is 0 Å². The van der Waals surface area contributed by atoms with Crippen molar-refractivity contribution in [3.05, 3.63) is 11.7 Å². The maximum Gasteiger partial charge on any atom is 0.229 e. The van der Waals surface area contributed by atoms with Gasteiger partial charge in [0.1, 0.15) is 0 Å². The van der Waals surface area contributed by atoms with Crippen LogP contribution in [0.15, 0.2) is 4.52 Å². The Bertz CT molecular complexity index is 645. The number of aromatic nitrogens is 2. The zero-order valence-corrected chi connectivity index (χ0v) is 14.3. The summed E-state index contributed by atoms with van der Waals surface area (Å²) >= 11 is 0. The van der Waals surface area contributed by atoms with Crippen LogP contribution in [0.25, 0.3) is 0 Å². The molecule has 0 N–H and O–H groups in total. The van der Waals surface area contributed by atoms with E-state index in [-0.39, 0.29) is 5.25 Å². The van der Waals surface area contributed by atoms with Crippen molar-refractivity contribution < 1.29 is 12.9 Å². The lowest BCUT2D eigenvalue weighted by molar-refractivity contribution is 0.193. The number of likely N-dealkylation sites (tertiary alicyclic amines) is 1. The quantitative estimate of drug-likeness (QED) is 0.836. The SMILES string of the molecule is O=S1(=O)CCCC1CN1CCC(c2nc(C3CCC3)no2)CC1. The van der Waals surface area contributed by atoms with Gasteiger partial charge in [-0.1, -0.05) is 11.6 Å². The van der Waals surface area contributed by atoms with Gasteiger partial charge in [-0.05, 0) is 51.6 Å². The van der Waals surface area contributed by atoms with Gasteiger partial charge in [0.25, 0.3) is 0 Å². The molecule has 23 heavy (non-hydrogen) atoms. The number of sulfone groups is 1. The molecule has 3 heterocycles. The summed E-state index contributed by atoms with van der Waals surface area (Å²) in [6.07, 6.45) is 7.28. The summed E-state index contributed by atoms with van der Waals surface area (Å²) in [5.41, 5.74) is 0. The van der Waals surface area contributed by atoms with Crippen LogP contribution in [0.3, 0.4) is 0 Å². The number of rotatable bonds is 4. The molecule has 0 radical (unpaired) electrons. The molecule has 128 valence electrons. The lowest BCUT2D eigenvalue weighted by atomic mass is 9.85. The van der Waals surface area contributed by atoms with Crippen LogP contribution in [-0.2, 0) is 9.84 Å². The lowest BCUT2D eigenvalue weighted by Crippen LogP contribution is -2.39. The van der Waals surface area contributed by atoms with Gasteiger partial charge in [-0.3, -0.25) is 0 Å². The van der Waals surface area contributed by atoms with Gasteiger partial charge in [0, 0.05) is 18.4 Å². The molecular formula is C16H25N3O3S. The predicted molar refractivity (Wildman–Crippen MR) is 86.1 cm³/mol. The average molecular weight is 339 g/mol. The van der Waals surface area contributed by atoms with Crippen molar-refractivity contribution in [2.45, 2.75) is 62.0 Å². The van der Waals surface area contributed by atoms with Crippen molar-refractivity contribution in [2.75, 3.05) is 25.4 Å². The van der Waals surface area contributed by atoms with Gasteiger partial charge in [-0.2, -0.15) is 4.98 Å². The summed E-state index contributed by atoms with van der Waals surface area (Å²) in [4.78, 5) is 6.91. The van der Waals surface area contributed by atoms with Gasteiger partial charge in [-0.25, -0.2) is 8.42 Å². The fraction of sp³-hybridized carbons (Fsp3) is 0.875. The van der Waals surface area contributed by atoms with E-state index in [0.717, 1.165) is 50.5 Å². The molecule has 1 saturated carbocycles. The third kappa shape index (κ3) is 3.18. The van der Waals surface area contributed by atoms with E-state index in [0.29, 0.717) is 24.1 Å². The first-order valence-corrected chi connectivity index (χ1v) is 10.6. The summed E-state index contributed by atoms with van der Waals surface area (Å²) in [5.74, 6) is 2.92. The highest BCUT2D eigenvalue weighted by Gasteiger charge is 2.34. The lowest BCUT2D eigenvalue weighted by Gasteiger charge is -2.31. The van der Waals surface area contributed by atoms with E-state index in [1.165, 1.54) is 19.3 Å². The first-order chi connectivity index (χ1) is 11.1. The second-order valence-corrected chi connectivity index (χ2v) is 9.73. The molecule has 0 spiro atoms. The van der Waals surface area contributed by atoms with Gasteiger partial charge in [0.05, 0.1) is 11.0 Å². The molecule has 0 aromatic carbocycles. The van der Waals surface area contributed by atoms with E-state index >= 15 is 0 Å². The molecule has 7 heteroatoms. The van der Waals surface area contributed by atoms with Gasteiger partial charge in [0.2, 0.25) is 5.89 Å². The second kappa shape index (κ2) is 6.16. The van der Waals surface area contributed by atoms with Gasteiger partial charge in [-0.15, -0.1) is 0 Å². The van der Waals surface area contributed by atoms with Crippen LogP contribution in [0, 0.1) is 0 Å². The molecule has 2 saturated heterocycles. The Morgan fingerprint density at radius 1 is 1.04 bits per heavy atom. The molecule has 1 aliphatic carbocycles. The van der Waals surface area contributed by atoms with Crippen LogP contribution in [0.2, 0.25) is 0 Å². The molecule has 1 unspecified atom stereocenters. The van der Waals surface area contributed by atoms with Crippen LogP contribution >= 0.6 is 0 Å². The smallest absolute Gasteiger partial charge is 0.229 e. The van der Waals surface area contributed by atoms with Crippen molar-refractivity contribution in [1.82, 2.24) is 15.0 Å². The van der Waals surface area contributed by atoms with Crippen LogP contribution in [0.5, 0.6) is 0 Å². The van der Waals surface area contributed by atoms with Crippen LogP contribution in [-0.4, -0.2) is 54.1 Å². The fourth-order valence-corrected chi connectivity index (χ4v) is 5.83. The zero-order chi connectivity index (χ0) is 15.9. The Kier molecular flexibility index (Phi) is 4.17. The normalized spacial score (nSPS) is 29.7. The average Bonchev–Trinajstić information content (AvgIpc) is 3.06. The largest absolute Gasteiger partial charge is 0.339 e. The molecule has 1 aromatic heterocycles. The maximum atomic E-state index is 12.0. The number of nitrogens with zero attached hydrogens (tertiary/aromatic N) is 3. The van der Waals surface area contributed by atoms with E-state index < -0.39 is 9.84 Å². The van der Waals surface area contributed by atoms with E-state index in [9.17, 15) is 8.42 Å². The first-order valence-electron chi connectivity index (χ1n) is 8.89. The fourth-order valence-electron chi connectivity index (χ4n) is 3.96. The van der Waals surface area contributed by atoms with Gasteiger partial charge in [0.15, 0.2) is 15.7 Å². The van der Waals surface area contributed by atoms with E-state index in [4.69, 9.17) is 4.52 Å². The Morgan fingerprint density at radius 2 is 1.83 bits per heavy atom. The highest BCUT2D eigenvalue weighted by atomic mass is 32.2. The molecule has 6 nitrogen and oxygen atoms in total. The van der Waals surface area contributed by atoms with E-state index in [1.54, 1.807) is 0 Å². The minimum atomic E-state index is -2.84. The van der Waals surface area contributed by atoms with Crippen LogP contribution < -0.4 is 0 Å². The van der Waals surface area contributed by atoms with Crippen molar-refractivity contribution in [3.63, 3.8) is 0 Å². The molecule has 1 atom stereocenters. The topological polar surface area (TPSA) is 76.3 Å². The molecule has 2 aliphatic heterocycles. The first kappa shape index (κ1) is 15.6. The van der Waals surface area contributed by atoms with Crippen molar-refractivity contribution in [3.8, 4) is 0 Å². The minimum absolute atomic E-state index is 0.146.